The standard InChI is InChI=1S/C20H31N5O5S/c1-13(14-8-10-15(11-9-14)31(21,27)28)25(7)12-16-22-17(24-30-16)20(5,6)23-18(26)29-19(2,3)4/h8-11,13H,12H2,1-7H3,(H,23,26)(H2,21,27,28). The Kier molecular flexibility index (Phi) is 7.14. The van der Waals surface area contributed by atoms with Gasteiger partial charge < -0.3 is 14.6 Å². The second kappa shape index (κ2) is 8.93. The number of nitrogens with zero attached hydrogens (tertiary/aromatic N) is 3. The molecule has 0 aliphatic carbocycles. The first-order valence-electron chi connectivity index (χ1n) is 9.76. The monoisotopic (exact) mass is 453 g/mol. The summed E-state index contributed by atoms with van der Waals surface area (Å²) in [6, 6.07) is 6.33. The molecule has 2 rings (SSSR count). The lowest BCUT2D eigenvalue weighted by Crippen LogP contribution is -2.44. The zero-order valence-electron chi connectivity index (χ0n) is 19.0. The van der Waals surface area contributed by atoms with Crippen molar-refractivity contribution < 1.29 is 22.5 Å². The van der Waals surface area contributed by atoms with Gasteiger partial charge >= 0.3 is 6.09 Å². The summed E-state index contributed by atoms with van der Waals surface area (Å²) in [4.78, 5) is 18.5. The third kappa shape index (κ3) is 7.01. The molecule has 2 aromatic rings. The minimum atomic E-state index is -3.73. The Balaban J connectivity index is 2.05. The number of alkyl carbamates (subject to hydrolysis) is 1. The number of aromatic nitrogens is 2. The Labute approximate surface area is 183 Å². The molecule has 1 amide bonds. The number of sulfonamides is 1. The van der Waals surface area contributed by atoms with E-state index in [0.29, 0.717) is 18.3 Å². The van der Waals surface area contributed by atoms with E-state index < -0.39 is 27.3 Å². The Morgan fingerprint density at radius 1 is 1.23 bits per heavy atom. The second-order valence-electron chi connectivity index (χ2n) is 8.97. The minimum absolute atomic E-state index is 0.0576. The molecule has 10 nitrogen and oxygen atoms in total. The molecule has 0 aliphatic heterocycles. The predicted octanol–water partition coefficient (Wildman–Crippen LogP) is 2.67. The number of hydrogen-bond donors (Lipinski definition) is 2. The lowest BCUT2D eigenvalue weighted by Gasteiger charge is -2.26. The van der Waals surface area contributed by atoms with Crippen molar-refractivity contribution in [3.8, 4) is 0 Å². The van der Waals surface area contributed by atoms with Crippen LogP contribution < -0.4 is 10.5 Å². The number of amides is 1. The number of benzene rings is 1. The summed E-state index contributed by atoms with van der Waals surface area (Å²) in [7, 11) is -1.85. The number of nitrogens with one attached hydrogen (secondary N) is 1. The molecule has 0 saturated carbocycles. The van der Waals surface area contributed by atoms with E-state index in [0.717, 1.165) is 5.56 Å². The van der Waals surface area contributed by atoms with Gasteiger partial charge in [0.05, 0.1) is 11.4 Å². The summed E-state index contributed by atoms with van der Waals surface area (Å²) in [6.45, 7) is 11.2. The van der Waals surface area contributed by atoms with Gasteiger partial charge in [-0.3, -0.25) is 4.90 Å². The van der Waals surface area contributed by atoms with Crippen LogP contribution in [0.3, 0.4) is 0 Å². The van der Waals surface area contributed by atoms with Gasteiger partial charge in [-0.2, -0.15) is 4.98 Å². The molecular weight excluding hydrogens is 422 g/mol. The smallest absolute Gasteiger partial charge is 0.408 e. The molecule has 0 spiro atoms. The van der Waals surface area contributed by atoms with Crippen LogP contribution in [-0.4, -0.2) is 42.2 Å². The van der Waals surface area contributed by atoms with Crippen LogP contribution in [0.4, 0.5) is 4.79 Å². The molecule has 1 unspecified atom stereocenters. The summed E-state index contributed by atoms with van der Waals surface area (Å²) < 4.78 is 33.5. The third-order valence-corrected chi connectivity index (χ3v) is 5.51. The van der Waals surface area contributed by atoms with Crippen molar-refractivity contribution in [3.63, 3.8) is 0 Å². The molecular formula is C20H31N5O5S. The maximum atomic E-state index is 12.1. The first-order valence-corrected chi connectivity index (χ1v) is 11.3. The van der Waals surface area contributed by atoms with Crippen LogP contribution in [0.5, 0.6) is 0 Å². The molecule has 0 radical (unpaired) electrons. The molecule has 172 valence electrons. The summed E-state index contributed by atoms with van der Waals surface area (Å²) in [5, 5.41) is 11.9. The van der Waals surface area contributed by atoms with Crippen molar-refractivity contribution in [1.82, 2.24) is 20.4 Å². The van der Waals surface area contributed by atoms with Gasteiger partial charge in [0.1, 0.15) is 11.1 Å². The van der Waals surface area contributed by atoms with E-state index in [1.54, 1.807) is 46.8 Å². The van der Waals surface area contributed by atoms with Gasteiger partial charge in [0.25, 0.3) is 0 Å². The SMILES string of the molecule is CC(c1ccc(S(N)(=O)=O)cc1)N(C)Cc1nc(C(C)(C)NC(=O)OC(C)(C)C)no1. The zero-order valence-corrected chi connectivity index (χ0v) is 19.8. The summed E-state index contributed by atoms with van der Waals surface area (Å²) in [5.41, 5.74) is -0.604. The van der Waals surface area contributed by atoms with E-state index in [4.69, 9.17) is 14.4 Å². The number of hydrogen-bond acceptors (Lipinski definition) is 8. The molecule has 3 N–H and O–H groups in total. The fourth-order valence-corrected chi connectivity index (χ4v) is 3.24. The van der Waals surface area contributed by atoms with Gasteiger partial charge in [0, 0.05) is 6.04 Å². The van der Waals surface area contributed by atoms with Gasteiger partial charge in [0.2, 0.25) is 15.9 Å². The van der Waals surface area contributed by atoms with Gasteiger partial charge in [0.15, 0.2) is 5.82 Å². The van der Waals surface area contributed by atoms with Gasteiger partial charge in [-0.15, -0.1) is 0 Å². The molecule has 1 heterocycles. The van der Waals surface area contributed by atoms with E-state index in [9.17, 15) is 13.2 Å². The lowest BCUT2D eigenvalue weighted by atomic mass is 10.1. The lowest BCUT2D eigenvalue weighted by molar-refractivity contribution is 0.0465. The van der Waals surface area contributed by atoms with Crippen LogP contribution in [0.1, 0.15) is 64.9 Å². The van der Waals surface area contributed by atoms with Gasteiger partial charge in [-0.25, -0.2) is 18.4 Å². The minimum Gasteiger partial charge on any atom is -0.444 e. The Hall–Kier alpha value is -2.50. The molecule has 0 bridgehead atoms. The van der Waals surface area contributed by atoms with Crippen LogP contribution in [-0.2, 0) is 26.8 Å². The molecule has 0 aliphatic rings. The van der Waals surface area contributed by atoms with Crippen LogP contribution in [0, 0.1) is 0 Å². The first-order chi connectivity index (χ1) is 14.1. The Morgan fingerprint density at radius 2 is 1.81 bits per heavy atom. The Bertz CT molecular complexity index is 1010. The van der Waals surface area contributed by atoms with Crippen molar-refractivity contribution in [2.75, 3.05) is 7.05 Å². The van der Waals surface area contributed by atoms with Crippen LogP contribution in [0.25, 0.3) is 0 Å². The van der Waals surface area contributed by atoms with Crippen molar-refractivity contribution in [2.24, 2.45) is 5.14 Å². The van der Waals surface area contributed by atoms with Crippen molar-refractivity contribution >= 4 is 16.1 Å². The molecule has 1 aromatic carbocycles. The molecule has 1 aromatic heterocycles. The number of primary sulfonamides is 1. The highest BCUT2D eigenvalue weighted by molar-refractivity contribution is 7.89. The fraction of sp³-hybridized carbons (Fsp3) is 0.550. The van der Waals surface area contributed by atoms with E-state index >= 15 is 0 Å². The molecule has 0 fully saturated rings. The second-order valence-corrected chi connectivity index (χ2v) is 10.5. The quantitative estimate of drug-likeness (QED) is 0.652. The van der Waals surface area contributed by atoms with E-state index in [1.165, 1.54) is 12.1 Å². The normalized spacial score (nSPS) is 13.8. The van der Waals surface area contributed by atoms with Gasteiger partial charge in [-0.05, 0) is 66.3 Å². The van der Waals surface area contributed by atoms with E-state index in [1.807, 2.05) is 18.9 Å². The van der Waals surface area contributed by atoms with Crippen molar-refractivity contribution in [3.05, 3.63) is 41.5 Å². The average molecular weight is 454 g/mol. The highest BCUT2D eigenvalue weighted by Gasteiger charge is 2.31. The molecule has 11 heteroatoms. The third-order valence-electron chi connectivity index (χ3n) is 4.58. The summed E-state index contributed by atoms with van der Waals surface area (Å²) in [5.74, 6) is 0.705. The van der Waals surface area contributed by atoms with Crippen molar-refractivity contribution in [2.45, 2.75) is 70.2 Å². The number of carbonyl (C=O) groups is 1. The van der Waals surface area contributed by atoms with Crippen LogP contribution in [0.2, 0.25) is 0 Å². The van der Waals surface area contributed by atoms with Crippen molar-refractivity contribution in [1.29, 1.82) is 0 Å². The molecule has 31 heavy (non-hydrogen) atoms. The molecule has 0 saturated heterocycles. The van der Waals surface area contributed by atoms with E-state index in [2.05, 4.69) is 15.5 Å². The number of ether oxygens (including phenoxy) is 1. The maximum Gasteiger partial charge on any atom is 0.408 e. The highest BCUT2D eigenvalue weighted by Crippen LogP contribution is 2.23. The average Bonchev–Trinajstić information content (AvgIpc) is 3.07. The maximum absolute atomic E-state index is 12.1. The fourth-order valence-electron chi connectivity index (χ4n) is 2.73. The van der Waals surface area contributed by atoms with Gasteiger partial charge in [-0.1, -0.05) is 17.3 Å². The van der Waals surface area contributed by atoms with Crippen LogP contribution in [0.15, 0.2) is 33.7 Å². The van der Waals surface area contributed by atoms with E-state index in [-0.39, 0.29) is 10.9 Å². The first kappa shape index (κ1) is 24.8. The summed E-state index contributed by atoms with van der Waals surface area (Å²) in [6.07, 6.45) is -0.572. The molecule has 1 atom stereocenters. The topological polar surface area (TPSA) is 141 Å². The number of carbonyl (C=O) groups excluding carboxylic acids is 1. The zero-order chi connectivity index (χ0) is 23.6. The summed E-state index contributed by atoms with van der Waals surface area (Å²) >= 11 is 0. The number of rotatable bonds is 7. The predicted molar refractivity (Wildman–Crippen MR) is 114 cm³/mol. The number of nitrogens with two attached hydrogens (primary N) is 1. The Morgan fingerprint density at radius 3 is 2.32 bits per heavy atom. The van der Waals surface area contributed by atoms with Crippen LogP contribution >= 0.6 is 0 Å². The highest BCUT2D eigenvalue weighted by atomic mass is 32.2. The largest absolute Gasteiger partial charge is 0.444 e.